The Morgan fingerprint density at radius 3 is 2.57 bits per heavy atom. The molecule has 3 aromatic rings. The standard InChI is InChI=1S/C15H13F3N6O3S/c1-2-28(26,27)9-3-4-11(22-14(19)25)21-13(9)8-5-6-24-12(20-8)7-10(23-24)15(16,17)18/h3-7H,2H2,1H3,(H3,19,21,22,25). The van der Waals surface area contributed by atoms with E-state index in [1.54, 1.807) is 0 Å². The minimum absolute atomic E-state index is 0.0127. The molecule has 3 aromatic heterocycles. The van der Waals surface area contributed by atoms with Crippen LogP contribution in [0.4, 0.5) is 23.8 Å². The van der Waals surface area contributed by atoms with Crippen LogP contribution in [-0.4, -0.2) is 39.8 Å². The monoisotopic (exact) mass is 414 g/mol. The molecule has 0 aliphatic heterocycles. The van der Waals surface area contributed by atoms with Crippen molar-refractivity contribution in [3.63, 3.8) is 0 Å². The second-order valence-corrected chi connectivity index (χ2v) is 7.83. The summed E-state index contributed by atoms with van der Waals surface area (Å²) in [5.74, 6) is -0.277. The number of nitrogens with one attached hydrogen (secondary N) is 1. The number of nitrogens with two attached hydrogens (primary N) is 1. The molecule has 3 rings (SSSR count). The molecule has 0 aromatic carbocycles. The average molecular weight is 414 g/mol. The largest absolute Gasteiger partial charge is 0.435 e. The second kappa shape index (κ2) is 6.74. The predicted molar refractivity (Wildman–Crippen MR) is 92.2 cm³/mol. The van der Waals surface area contributed by atoms with E-state index in [0.717, 1.165) is 10.6 Å². The van der Waals surface area contributed by atoms with Crippen LogP contribution in [0.2, 0.25) is 0 Å². The number of carbonyl (C=O) groups excluding carboxylic acids is 1. The van der Waals surface area contributed by atoms with Crippen molar-refractivity contribution in [2.24, 2.45) is 5.73 Å². The number of aromatic nitrogens is 4. The molecule has 13 heteroatoms. The Morgan fingerprint density at radius 2 is 1.96 bits per heavy atom. The normalized spacial score (nSPS) is 12.3. The minimum atomic E-state index is -4.66. The quantitative estimate of drug-likeness (QED) is 0.672. The Morgan fingerprint density at radius 1 is 1.25 bits per heavy atom. The Kier molecular flexibility index (Phi) is 4.71. The Hall–Kier alpha value is -3.22. The van der Waals surface area contributed by atoms with E-state index in [9.17, 15) is 26.4 Å². The molecule has 0 saturated carbocycles. The van der Waals surface area contributed by atoms with Gasteiger partial charge in [0.2, 0.25) is 0 Å². The average Bonchev–Trinajstić information content (AvgIpc) is 3.04. The van der Waals surface area contributed by atoms with Gasteiger partial charge in [0.25, 0.3) is 0 Å². The summed E-state index contributed by atoms with van der Waals surface area (Å²) in [6.07, 6.45) is -3.46. The lowest BCUT2D eigenvalue weighted by atomic mass is 10.2. The summed E-state index contributed by atoms with van der Waals surface area (Å²) < 4.78 is 64.2. The van der Waals surface area contributed by atoms with Gasteiger partial charge in [-0.1, -0.05) is 6.92 Å². The second-order valence-electron chi connectivity index (χ2n) is 5.58. The van der Waals surface area contributed by atoms with Gasteiger partial charge >= 0.3 is 12.2 Å². The summed E-state index contributed by atoms with van der Waals surface area (Å²) in [5.41, 5.74) is 3.60. The fourth-order valence-electron chi connectivity index (χ4n) is 2.38. The molecule has 2 amide bonds. The number of hydrogen-bond acceptors (Lipinski definition) is 6. The maximum absolute atomic E-state index is 12.8. The molecule has 0 spiro atoms. The summed E-state index contributed by atoms with van der Waals surface area (Å²) in [6, 6.07) is 3.54. The van der Waals surface area contributed by atoms with Gasteiger partial charge in [-0.15, -0.1) is 0 Å². The fourth-order valence-corrected chi connectivity index (χ4v) is 3.41. The molecule has 3 N–H and O–H groups in total. The Bertz CT molecular complexity index is 1170. The van der Waals surface area contributed by atoms with E-state index in [1.165, 1.54) is 31.3 Å². The van der Waals surface area contributed by atoms with Crippen LogP contribution >= 0.6 is 0 Å². The van der Waals surface area contributed by atoms with Crippen molar-refractivity contribution >= 4 is 27.3 Å². The van der Waals surface area contributed by atoms with Gasteiger partial charge in [0.1, 0.15) is 11.5 Å². The number of rotatable bonds is 4. The zero-order chi connectivity index (χ0) is 20.7. The summed E-state index contributed by atoms with van der Waals surface area (Å²) in [7, 11) is -3.74. The third kappa shape index (κ3) is 3.74. The number of sulfone groups is 1. The van der Waals surface area contributed by atoms with Crippen LogP contribution in [0, 0.1) is 0 Å². The van der Waals surface area contributed by atoms with E-state index in [2.05, 4.69) is 20.4 Å². The van der Waals surface area contributed by atoms with Crippen LogP contribution in [0.15, 0.2) is 35.4 Å². The van der Waals surface area contributed by atoms with E-state index in [1.807, 2.05) is 0 Å². The molecule has 0 atom stereocenters. The number of nitrogens with zero attached hydrogens (tertiary/aromatic N) is 4. The first-order valence-corrected chi connectivity index (χ1v) is 9.41. The third-order valence-electron chi connectivity index (χ3n) is 3.68. The van der Waals surface area contributed by atoms with Crippen LogP contribution in [0.1, 0.15) is 12.6 Å². The van der Waals surface area contributed by atoms with Crippen molar-refractivity contribution < 1.29 is 26.4 Å². The van der Waals surface area contributed by atoms with Gasteiger partial charge in [-0.25, -0.2) is 27.7 Å². The SMILES string of the molecule is CCS(=O)(=O)c1ccc(NC(N)=O)nc1-c1ccn2nc(C(F)(F)F)cc2n1. The number of primary amides is 1. The number of pyridine rings is 1. The van der Waals surface area contributed by atoms with Gasteiger partial charge in [-0.05, 0) is 18.2 Å². The van der Waals surface area contributed by atoms with Crippen molar-refractivity contribution in [3.05, 3.63) is 36.2 Å². The zero-order valence-electron chi connectivity index (χ0n) is 14.2. The van der Waals surface area contributed by atoms with Crippen LogP contribution in [0.25, 0.3) is 17.0 Å². The van der Waals surface area contributed by atoms with Crippen LogP contribution < -0.4 is 11.1 Å². The van der Waals surface area contributed by atoms with Gasteiger partial charge in [-0.3, -0.25) is 5.32 Å². The number of fused-ring (bicyclic) bond motifs is 1. The van der Waals surface area contributed by atoms with Crippen molar-refractivity contribution in [3.8, 4) is 11.4 Å². The number of hydrogen-bond donors (Lipinski definition) is 2. The summed E-state index contributed by atoms with van der Waals surface area (Å²) >= 11 is 0. The molecular weight excluding hydrogens is 401 g/mol. The van der Waals surface area contributed by atoms with Gasteiger partial charge < -0.3 is 5.73 Å². The predicted octanol–water partition coefficient (Wildman–Crippen LogP) is 2.09. The van der Waals surface area contributed by atoms with Gasteiger partial charge in [-0.2, -0.15) is 18.3 Å². The number of amides is 2. The summed E-state index contributed by atoms with van der Waals surface area (Å²) in [4.78, 5) is 19.0. The van der Waals surface area contributed by atoms with Gasteiger partial charge in [0.15, 0.2) is 21.2 Å². The lowest BCUT2D eigenvalue weighted by molar-refractivity contribution is -0.141. The first-order chi connectivity index (χ1) is 13.0. The van der Waals surface area contributed by atoms with Crippen LogP contribution in [0.5, 0.6) is 0 Å². The number of urea groups is 1. The number of carbonyl (C=O) groups is 1. The van der Waals surface area contributed by atoms with E-state index in [0.29, 0.717) is 0 Å². The molecule has 28 heavy (non-hydrogen) atoms. The van der Waals surface area contributed by atoms with E-state index in [4.69, 9.17) is 5.73 Å². The highest BCUT2D eigenvalue weighted by Gasteiger charge is 2.34. The highest BCUT2D eigenvalue weighted by Crippen LogP contribution is 2.30. The van der Waals surface area contributed by atoms with Gasteiger partial charge in [0.05, 0.1) is 16.3 Å². The first-order valence-electron chi connectivity index (χ1n) is 7.75. The van der Waals surface area contributed by atoms with Crippen molar-refractivity contribution in [1.29, 1.82) is 0 Å². The Balaban J connectivity index is 2.21. The smallest absolute Gasteiger partial charge is 0.351 e. The van der Waals surface area contributed by atoms with E-state index < -0.39 is 27.7 Å². The van der Waals surface area contributed by atoms with Gasteiger partial charge in [0, 0.05) is 12.3 Å². The molecule has 9 nitrogen and oxygen atoms in total. The number of halogens is 3. The molecule has 0 radical (unpaired) electrons. The van der Waals surface area contributed by atoms with E-state index >= 15 is 0 Å². The number of anilines is 1. The molecule has 3 heterocycles. The molecule has 0 unspecified atom stereocenters. The Labute approximate surface area is 156 Å². The van der Waals surface area contributed by atoms with Crippen LogP contribution in [0.3, 0.4) is 0 Å². The molecule has 0 saturated heterocycles. The van der Waals surface area contributed by atoms with Crippen molar-refractivity contribution in [1.82, 2.24) is 19.6 Å². The van der Waals surface area contributed by atoms with Crippen molar-refractivity contribution in [2.75, 3.05) is 11.1 Å². The molecule has 0 aliphatic rings. The minimum Gasteiger partial charge on any atom is -0.351 e. The number of alkyl halides is 3. The lowest BCUT2D eigenvalue weighted by Gasteiger charge is -2.10. The molecule has 0 bridgehead atoms. The third-order valence-corrected chi connectivity index (χ3v) is 5.44. The molecular formula is C15H13F3N6O3S. The molecule has 148 valence electrons. The highest BCUT2D eigenvalue weighted by molar-refractivity contribution is 7.91. The van der Waals surface area contributed by atoms with Crippen LogP contribution in [-0.2, 0) is 16.0 Å². The van der Waals surface area contributed by atoms with E-state index in [-0.39, 0.29) is 33.5 Å². The van der Waals surface area contributed by atoms with Crippen molar-refractivity contribution in [2.45, 2.75) is 18.0 Å². The topological polar surface area (TPSA) is 132 Å². The zero-order valence-corrected chi connectivity index (χ0v) is 15.0. The summed E-state index contributed by atoms with van der Waals surface area (Å²) in [6.45, 7) is 1.43. The molecule has 0 aliphatic carbocycles. The maximum Gasteiger partial charge on any atom is 0.435 e. The highest BCUT2D eigenvalue weighted by atomic mass is 32.2. The molecule has 0 fully saturated rings. The maximum atomic E-state index is 12.8. The first kappa shape index (κ1) is 19.5. The lowest BCUT2D eigenvalue weighted by Crippen LogP contribution is -2.20. The fraction of sp³-hybridized carbons (Fsp3) is 0.200. The summed E-state index contributed by atoms with van der Waals surface area (Å²) in [5, 5.41) is 5.59.